The van der Waals surface area contributed by atoms with Crippen molar-refractivity contribution in [3.63, 3.8) is 0 Å². The molecular formula is C19H22O2. The van der Waals surface area contributed by atoms with Gasteiger partial charge in [-0.25, -0.2) is 0 Å². The SMILES string of the molecule is Cc1cc(C)c(C(=O)c2cccc(OC(C)C)c2)cc1C. The first kappa shape index (κ1) is 15.3. The molecule has 2 rings (SSSR count). The van der Waals surface area contributed by atoms with Crippen LogP contribution in [-0.4, -0.2) is 11.9 Å². The Morgan fingerprint density at radius 3 is 2.29 bits per heavy atom. The van der Waals surface area contributed by atoms with Crippen molar-refractivity contribution in [2.45, 2.75) is 40.7 Å². The molecule has 0 bridgehead atoms. The molecular weight excluding hydrogens is 260 g/mol. The maximum atomic E-state index is 12.7. The van der Waals surface area contributed by atoms with Crippen molar-refractivity contribution in [2.24, 2.45) is 0 Å². The van der Waals surface area contributed by atoms with Gasteiger partial charge in [-0.05, 0) is 69.5 Å². The van der Waals surface area contributed by atoms with Crippen molar-refractivity contribution < 1.29 is 9.53 Å². The number of rotatable bonds is 4. The highest BCUT2D eigenvalue weighted by atomic mass is 16.5. The zero-order valence-corrected chi connectivity index (χ0v) is 13.4. The Labute approximate surface area is 126 Å². The molecule has 0 aliphatic heterocycles. The zero-order valence-electron chi connectivity index (χ0n) is 13.4. The average molecular weight is 282 g/mol. The number of ketones is 1. The number of hydrogen-bond donors (Lipinski definition) is 0. The van der Waals surface area contributed by atoms with Crippen LogP contribution in [-0.2, 0) is 0 Å². The lowest BCUT2D eigenvalue weighted by Crippen LogP contribution is -2.08. The minimum Gasteiger partial charge on any atom is -0.491 e. The van der Waals surface area contributed by atoms with E-state index in [9.17, 15) is 4.79 Å². The molecule has 2 nitrogen and oxygen atoms in total. The van der Waals surface area contributed by atoms with Gasteiger partial charge in [0.05, 0.1) is 6.10 Å². The molecule has 0 aliphatic rings. The van der Waals surface area contributed by atoms with Crippen LogP contribution in [0.2, 0.25) is 0 Å². The topological polar surface area (TPSA) is 26.3 Å². The highest BCUT2D eigenvalue weighted by molar-refractivity contribution is 6.10. The summed E-state index contributed by atoms with van der Waals surface area (Å²) in [6, 6.07) is 11.4. The van der Waals surface area contributed by atoms with Gasteiger partial charge in [-0.3, -0.25) is 4.79 Å². The molecule has 110 valence electrons. The average Bonchev–Trinajstić information content (AvgIpc) is 2.41. The monoisotopic (exact) mass is 282 g/mol. The smallest absolute Gasteiger partial charge is 0.193 e. The third-order valence-corrected chi connectivity index (χ3v) is 3.55. The molecule has 0 radical (unpaired) electrons. The fourth-order valence-electron chi connectivity index (χ4n) is 2.34. The van der Waals surface area contributed by atoms with Crippen molar-refractivity contribution in [1.29, 1.82) is 0 Å². The Morgan fingerprint density at radius 2 is 1.62 bits per heavy atom. The first-order valence-electron chi connectivity index (χ1n) is 7.27. The third kappa shape index (κ3) is 3.52. The maximum Gasteiger partial charge on any atom is 0.193 e. The van der Waals surface area contributed by atoms with Crippen LogP contribution in [0.1, 0.15) is 46.5 Å². The van der Waals surface area contributed by atoms with Crippen LogP contribution < -0.4 is 4.74 Å². The lowest BCUT2D eigenvalue weighted by molar-refractivity contribution is 0.103. The first-order valence-corrected chi connectivity index (χ1v) is 7.27. The minimum absolute atomic E-state index is 0.0461. The van der Waals surface area contributed by atoms with Gasteiger partial charge in [0, 0.05) is 11.1 Å². The summed E-state index contributed by atoms with van der Waals surface area (Å²) < 4.78 is 5.66. The molecule has 2 aromatic carbocycles. The van der Waals surface area contributed by atoms with E-state index in [1.54, 1.807) is 0 Å². The summed E-state index contributed by atoms with van der Waals surface area (Å²) in [5, 5.41) is 0. The summed E-state index contributed by atoms with van der Waals surface area (Å²) in [5.74, 6) is 0.780. The molecule has 0 amide bonds. The number of carbonyl (C=O) groups excluding carboxylic acids is 1. The predicted octanol–water partition coefficient (Wildman–Crippen LogP) is 4.63. The van der Waals surface area contributed by atoms with E-state index in [2.05, 4.69) is 13.0 Å². The van der Waals surface area contributed by atoms with Gasteiger partial charge in [0.2, 0.25) is 0 Å². The van der Waals surface area contributed by atoms with Gasteiger partial charge in [0.1, 0.15) is 5.75 Å². The van der Waals surface area contributed by atoms with E-state index in [0.29, 0.717) is 5.56 Å². The van der Waals surface area contributed by atoms with Crippen LogP contribution in [0.5, 0.6) is 5.75 Å². The zero-order chi connectivity index (χ0) is 15.6. The van der Waals surface area contributed by atoms with Crippen molar-refractivity contribution >= 4 is 5.78 Å². The Kier molecular flexibility index (Phi) is 4.46. The number of ether oxygens (including phenoxy) is 1. The van der Waals surface area contributed by atoms with Gasteiger partial charge in [-0.1, -0.05) is 18.2 Å². The summed E-state index contributed by atoms with van der Waals surface area (Å²) in [7, 11) is 0. The molecule has 2 aromatic rings. The number of carbonyl (C=O) groups is 1. The minimum atomic E-state index is 0.0461. The van der Waals surface area contributed by atoms with Crippen LogP contribution in [0.4, 0.5) is 0 Å². The lowest BCUT2D eigenvalue weighted by Gasteiger charge is -2.12. The summed E-state index contributed by atoms with van der Waals surface area (Å²) in [5.41, 5.74) is 4.79. The Morgan fingerprint density at radius 1 is 0.952 bits per heavy atom. The van der Waals surface area contributed by atoms with Gasteiger partial charge in [-0.2, -0.15) is 0 Å². The highest BCUT2D eigenvalue weighted by Gasteiger charge is 2.14. The second-order valence-electron chi connectivity index (χ2n) is 5.77. The molecule has 0 fully saturated rings. The summed E-state index contributed by atoms with van der Waals surface area (Å²) in [6.45, 7) is 10.0. The van der Waals surface area contributed by atoms with Crippen molar-refractivity contribution in [3.8, 4) is 5.75 Å². The van der Waals surface area contributed by atoms with Crippen LogP contribution in [0.3, 0.4) is 0 Å². The summed E-state index contributed by atoms with van der Waals surface area (Å²) in [6.07, 6.45) is 0.0960. The molecule has 0 unspecified atom stereocenters. The molecule has 0 atom stereocenters. The number of benzene rings is 2. The molecule has 0 saturated carbocycles. The van der Waals surface area contributed by atoms with Crippen molar-refractivity contribution in [2.75, 3.05) is 0 Å². The Bertz CT molecular complexity index is 669. The van der Waals surface area contributed by atoms with Crippen molar-refractivity contribution in [3.05, 3.63) is 64.2 Å². The predicted molar refractivity (Wildman–Crippen MR) is 86.3 cm³/mol. The highest BCUT2D eigenvalue weighted by Crippen LogP contribution is 2.21. The molecule has 0 aromatic heterocycles. The summed E-state index contributed by atoms with van der Waals surface area (Å²) in [4.78, 5) is 12.7. The van der Waals surface area contributed by atoms with E-state index in [1.165, 1.54) is 5.56 Å². The second-order valence-corrected chi connectivity index (χ2v) is 5.77. The van der Waals surface area contributed by atoms with E-state index in [0.717, 1.165) is 22.4 Å². The number of hydrogen-bond acceptors (Lipinski definition) is 2. The summed E-state index contributed by atoms with van der Waals surface area (Å²) >= 11 is 0. The normalized spacial score (nSPS) is 10.8. The van der Waals surface area contributed by atoms with Gasteiger partial charge in [0.25, 0.3) is 0 Å². The fraction of sp³-hybridized carbons (Fsp3) is 0.316. The molecule has 0 heterocycles. The van der Waals surface area contributed by atoms with E-state index >= 15 is 0 Å². The standard InChI is InChI=1S/C19H22O2/c1-12(2)21-17-8-6-7-16(11-17)19(20)18-10-14(4)13(3)9-15(18)5/h6-12H,1-5H3. The lowest BCUT2D eigenvalue weighted by atomic mass is 9.95. The number of aryl methyl sites for hydroxylation is 3. The van der Waals surface area contributed by atoms with Gasteiger partial charge in [0.15, 0.2) is 5.78 Å². The fourth-order valence-corrected chi connectivity index (χ4v) is 2.34. The largest absolute Gasteiger partial charge is 0.491 e. The van der Waals surface area contributed by atoms with Gasteiger partial charge >= 0.3 is 0 Å². The van der Waals surface area contributed by atoms with Crippen LogP contribution in [0.25, 0.3) is 0 Å². The first-order chi connectivity index (χ1) is 9.88. The van der Waals surface area contributed by atoms with E-state index in [1.807, 2.05) is 58.0 Å². The van der Waals surface area contributed by atoms with Crippen LogP contribution in [0.15, 0.2) is 36.4 Å². The second kappa shape index (κ2) is 6.13. The quantitative estimate of drug-likeness (QED) is 0.764. The van der Waals surface area contributed by atoms with Gasteiger partial charge < -0.3 is 4.74 Å². The van der Waals surface area contributed by atoms with Crippen molar-refractivity contribution in [1.82, 2.24) is 0 Å². The molecule has 2 heteroatoms. The Balaban J connectivity index is 2.38. The molecule has 0 aliphatic carbocycles. The van der Waals surface area contributed by atoms with E-state index < -0.39 is 0 Å². The molecule has 0 spiro atoms. The van der Waals surface area contributed by atoms with E-state index in [4.69, 9.17) is 4.74 Å². The maximum absolute atomic E-state index is 12.7. The van der Waals surface area contributed by atoms with Crippen LogP contribution >= 0.6 is 0 Å². The van der Waals surface area contributed by atoms with Crippen LogP contribution in [0, 0.1) is 20.8 Å². The molecule has 0 N–H and O–H groups in total. The Hall–Kier alpha value is -2.09. The van der Waals surface area contributed by atoms with Gasteiger partial charge in [-0.15, -0.1) is 0 Å². The molecule has 21 heavy (non-hydrogen) atoms. The molecule has 0 saturated heterocycles. The third-order valence-electron chi connectivity index (χ3n) is 3.55. The van der Waals surface area contributed by atoms with E-state index in [-0.39, 0.29) is 11.9 Å².